The summed E-state index contributed by atoms with van der Waals surface area (Å²) in [6, 6.07) is 8.28. The van der Waals surface area contributed by atoms with Gasteiger partial charge in [-0.25, -0.2) is 4.98 Å². The molecule has 1 aliphatic heterocycles. The third kappa shape index (κ3) is 3.20. The molecule has 5 heteroatoms. The highest BCUT2D eigenvalue weighted by molar-refractivity contribution is 5.36. The lowest BCUT2D eigenvalue weighted by molar-refractivity contribution is 0.578. The molecule has 0 saturated carbocycles. The van der Waals surface area contributed by atoms with Crippen molar-refractivity contribution in [2.24, 2.45) is 0 Å². The van der Waals surface area contributed by atoms with E-state index in [0.29, 0.717) is 12.4 Å². The van der Waals surface area contributed by atoms with Crippen LogP contribution in [0.5, 0.6) is 0 Å². The van der Waals surface area contributed by atoms with E-state index in [1.165, 1.54) is 5.56 Å². The molecule has 0 radical (unpaired) electrons. The van der Waals surface area contributed by atoms with Crippen LogP contribution in [0.4, 0.5) is 5.95 Å². The molecule has 22 heavy (non-hydrogen) atoms. The first-order chi connectivity index (χ1) is 10.6. The summed E-state index contributed by atoms with van der Waals surface area (Å²) >= 11 is 0. The van der Waals surface area contributed by atoms with Crippen LogP contribution in [0.25, 0.3) is 0 Å². The van der Waals surface area contributed by atoms with Gasteiger partial charge in [-0.2, -0.15) is 0 Å². The zero-order valence-corrected chi connectivity index (χ0v) is 13.1. The second kappa shape index (κ2) is 6.32. The highest BCUT2D eigenvalue weighted by Gasteiger charge is 2.15. The molecule has 1 fully saturated rings. The Bertz CT molecular complexity index is 700. The number of benzene rings is 1. The number of hydrogen-bond acceptors (Lipinski definition) is 4. The largest absolute Gasteiger partial charge is 0.340 e. The van der Waals surface area contributed by atoms with Crippen LogP contribution in [0.1, 0.15) is 22.4 Å². The van der Waals surface area contributed by atoms with Crippen molar-refractivity contribution in [2.45, 2.75) is 20.3 Å². The van der Waals surface area contributed by atoms with Crippen molar-refractivity contribution in [3.05, 3.63) is 57.0 Å². The van der Waals surface area contributed by atoms with Gasteiger partial charge in [0.1, 0.15) is 0 Å². The number of rotatable bonds is 3. The van der Waals surface area contributed by atoms with Gasteiger partial charge in [0.25, 0.3) is 5.56 Å². The molecular formula is C17H22N4O. The monoisotopic (exact) mass is 298 g/mol. The summed E-state index contributed by atoms with van der Waals surface area (Å²) < 4.78 is 0. The molecule has 1 saturated heterocycles. The number of aromatic nitrogens is 2. The maximum Gasteiger partial charge on any atom is 0.256 e. The van der Waals surface area contributed by atoms with Crippen LogP contribution in [-0.4, -0.2) is 36.1 Å². The van der Waals surface area contributed by atoms with E-state index >= 15 is 0 Å². The van der Waals surface area contributed by atoms with Crippen molar-refractivity contribution < 1.29 is 0 Å². The molecule has 3 rings (SSSR count). The van der Waals surface area contributed by atoms with Gasteiger partial charge in [0.15, 0.2) is 0 Å². The molecular weight excluding hydrogens is 276 g/mol. The maximum absolute atomic E-state index is 12.4. The van der Waals surface area contributed by atoms with Crippen molar-refractivity contribution >= 4 is 5.95 Å². The standard InChI is InChI=1S/C17H22N4O/c1-12-3-5-14(6-4-12)11-15-13(2)19-17(20-16(15)22)21-9-7-18-8-10-21/h3-6,18H,7-11H2,1-2H3,(H,19,20,22). The Kier molecular flexibility index (Phi) is 4.24. The van der Waals surface area contributed by atoms with Gasteiger partial charge < -0.3 is 10.2 Å². The average molecular weight is 298 g/mol. The number of aryl methyl sites for hydroxylation is 2. The van der Waals surface area contributed by atoms with E-state index in [9.17, 15) is 4.79 Å². The third-order valence-electron chi connectivity index (χ3n) is 4.13. The second-order valence-electron chi connectivity index (χ2n) is 5.85. The number of H-pyrrole nitrogens is 1. The highest BCUT2D eigenvalue weighted by Crippen LogP contribution is 2.13. The molecule has 116 valence electrons. The smallest absolute Gasteiger partial charge is 0.256 e. The van der Waals surface area contributed by atoms with Crippen LogP contribution in [0.3, 0.4) is 0 Å². The van der Waals surface area contributed by atoms with Crippen LogP contribution in [-0.2, 0) is 6.42 Å². The summed E-state index contributed by atoms with van der Waals surface area (Å²) in [4.78, 5) is 22.1. The van der Waals surface area contributed by atoms with Gasteiger partial charge in [-0.05, 0) is 19.4 Å². The van der Waals surface area contributed by atoms with Crippen LogP contribution >= 0.6 is 0 Å². The Morgan fingerprint density at radius 3 is 2.45 bits per heavy atom. The van der Waals surface area contributed by atoms with Crippen molar-refractivity contribution in [1.82, 2.24) is 15.3 Å². The molecule has 0 amide bonds. The normalized spacial score (nSPS) is 15.1. The number of piperazine rings is 1. The van der Waals surface area contributed by atoms with E-state index in [1.54, 1.807) is 0 Å². The molecule has 0 bridgehead atoms. The molecule has 1 aliphatic rings. The minimum Gasteiger partial charge on any atom is -0.340 e. The summed E-state index contributed by atoms with van der Waals surface area (Å²) in [6.45, 7) is 7.58. The van der Waals surface area contributed by atoms with Crippen molar-refractivity contribution in [1.29, 1.82) is 0 Å². The lowest BCUT2D eigenvalue weighted by Gasteiger charge is -2.28. The molecule has 1 aromatic carbocycles. The minimum atomic E-state index is -0.0263. The molecule has 2 N–H and O–H groups in total. The molecule has 0 unspecified atom stereocenters. The Balaban J connectivity index is 1.86. The Hall–Kier alpha value is -2.14. The van der Waals surface area contributed by atoms with Crippen molar-refractivity contribution in [2.75, 3.05) is 31.1 Å². The summed E-state index contributed by atoms with van der Waals surface area (Å²) in [5.41, 5.74) is 3.90. The quantitative estimate of drug-likeness (QED) is 0.899. The molecule has 2 aromatic rings. The fourth-order valence-electron chi connectivity index (χ4n) is 2.74. The Morgan fingerprint density at radius 2 is 1.82 bits per heavy atom. The fourth-order valence-corrected chi connectivity index (χ4v) is 2.74. The fraction of sp³-hybridized carbons (Fsp3) is 0.412. The van der Waals surface area contributed by atoms with Gasteiger partial charge in [0.2, 0.25) is 5.95 Å². The second-order valence-corrected chi connectivity index (χ2v) is 5.85. The number of nitrogens with zero attached hydrogens (tertiary/aromatic N) is 2. The van der Waals surface area contributed by atoms with E-state index in [0.717, 1.165) is 43.0 Å². The first-order valence-corrected chi connectivity index (χ1v) is 7.74. The van der Waals surface area contributed by atoms with Crippen molar-refractivity contribution in [3.63, 3.8) is 0 Å². The zero-order chi connectivity index (χ0) is 15.5. The Labute approximate surface area is 130 Å². The molecule has 1 aromatic heterocycles. The predicted octanol–water partition coefficient (Wildman–Crippen LogP) is 1.39. The topological polar surface area (TPSA) is 61.0 Å². The summed E-state index contributed by atoms with van der Waals surface area (Å²) in [5.74, 6) is 0.691. The van der Waals surface area contributed by atoms with E-state index < -0.39 is 0 Å². The van der Waals surface area contributed by atoms with Gasteiger partial charge in [-0.1, -0.05) is 29.8 Å². The van der Waals surface area contributed by atoms with E-state index in [2.05, 4.69) is 51.4 Å². The minimum absolute atomic E-state index is 0.0263. The maximum atomic E-state index is 12.4. The molecule has 2 heterocycles. The summed E-state index contributed by atoms with van der Waals surface area (Å²) in [6.07, 6.45) is 0.621. The lowest BCUT2D eigenvalue weighted by atomic mass is 10.0. The van der Waals surface area contributed by atoms with E-state index in [4.69, 9.17) is 0 Å². The average Bonchev–Trinajstić information content (AvgIpc) is 2.53. The van der Waals surface area contributed by atoms with Crippen LogP contribution in [0.15, 0.2) is 29.1 Å². The van der Waals surface area contributed by atoms with Gasteiger partial charge in [0.05, 0.1) is 5.69 Å². The van der Waals surface area contributed by atoms with Crippen LogP contribution < -0.4 is 15.8 Å². The van der Waals surface area contributed by atoms with E-state index in [1.807, 2.05) is 6.92 Å². The van der Waals surface area contributed by atoms with Crippen LogP contribution in [0, 0.1) is 13.8 Å². The van der Waals surface area contributed by atoms with Gasteiger partial charge in [-0.3, -0.25) is 9.78 Å². The van der Waals surface area contributed by atoms with Gasteiger partial charge >= 0.3 is 0 Å². The van der Waals surface area contributed by atoms with Gasteiger partial charge in [0, 0.05) is 38.2 Å². The SMILES string of the molecule is Cc1ccc(Cc2c(C)nc(N3CCNCC3)[nH]c2=O)cc1. The Morgan fingerprint density at radius 1 is 1.14 bits per heavy atom. The number of anilines is 1. The number of hydrogen-bond donors (Lipinski definition) is 2. The third-order valence-corrected chi connectivity index (χ3v) is 4.13. The first-order valence-electron chi connectivity index (χ1n) is 7.74. The summed E-state index contributed by atoms with van der Waals surface area (Å²) in [5, 5.41) is 3.30. The number of aromatic amines is 1. The highest BCUT2D eigenvalue weighted by atomic mass is 16.1. The summed E-state index contributed by atoms with van der Waals surface area (Å²) in [7, 11) is 0. The predicted molar refractivity (Wildman–Crippen MR) is 88.7 cm³/mol. The van der Waals surface area contributed by atoms with Crippen LogP contribution in [0.2, 0.25) is 0 Å². The first kappa shape index (κ1) is 14.8. The molecule has 0 atom stereocenters. The molecule has 5 nitrogen and oxygen atoms in total. The van der Waals surface area contributed by atoms with E-state index in [-0.39, 0.29) is 5.56 Å². The zero-order valence-electron chi connectivity index (χ0n) is 13.1. The molecule has 0 aliphatic carbocycles. The number of nitrogens with one attached hydrogen (secondary N) is 2. The van der Waals surface area contributed by atoms with Crippen molar-refractivity contribution in [3.8, 4) is 0 Å². The van der Waals surface area contributed by atoms with Gasteiger partial charge in [-0.15, -0.1) is 0 Å². The molecule has 0 spiro atoms. The lowest BCUT2D eigenvalue weighted by Crippen LogP contribution is -2.45.